The summed E-state index contributed by atoms with van der Waals surface area (Å²) >= 11 is 0. The van der Waals surface area contributed by atoms with Crippen molar-refractivity contribution >= 4 is 16.4 Å². The van der Waals surface area contributed by atoms with E-state index in [2.05, 4.69) is 0 Å². The zero-order valence-electron chi connectivity index (χ0n) is 7.04. The monoisotopic (exact) mass is 199 g/mol. The molecule has 13 heavy (non-hydrogen) atoms. The Bertz CT molecular complexity index is 385. The van der Waals surface area contributed by atoms with Gasteiger partial charge in [-0.05, 0) is 12.1 Å². The first kappa shape index (κ1) is 9.73. The van der Waals surface area contributed by atoms with Gasteiger partial charge in [0.15, 0.2) is 0 Å². The van der Waals surface area contributed by atoms with Gasteiger partial charge in [-0.25, -0.2) is 12.7 Å². The van der Waals surface area contributed by atoms with Gasteiger partial charge in [-0.2, -0.15) is 0 Å². The van der Waals surface area contributed by atoms with E-state index in [-0.39, 0.29) is 11.3 Å². The smallest absolute Gasteiger partial charge is 0.266 e. The van der Waals surface area contributed by atoms with Crippen LogP contribution in [-0.2, 0) is 14.8 Å². The molecule has 0 atom stereocenters. The second kappa shape index (κ2) is 3.57. The Morgan fingerprint density at radius 1 is 1.23 bits per heavy atom. The molecule has 0 saturated heterocycles. The molecule has 0 bridgehead atoms. The maximum atomic E-state index is 11.5. The van der Waals surface area contributed by atoms with Crippen molar-refractivity contribution < 1.29 is 13.2 Å². The van der Waals surface area contributed by atoms with Gasteiger partial charge in [-0.1, -0.05) is 18.2 Å². The van der Waals surface area contributed by atoms with Crippen molar-refractivity contribution in [1.82, 2.24) is 4.31 Å². The van der Waals surface area contributed by atoms with Crippen LogP contribution in [0.2, 0.25) is 0 Å². The van der Waals surface area contributed by atoms with E-state index in [1.54, 1.807) is 18.2 Å². The molecule has 0 heterocycles. The summed E-state index contributed by atoms with van der Waals surface area (Å²) in [6, 6.07) is 7.79. The third-order valence-electron chi connectivity index (χ3n) is 1.57. The lowest BCUT2D eigenvalue weighted by atomic mass is 10.4. The van der Waals surface area contributed by atoms with Crippen LogP contribution in [0, 0.1) is 0 Å². The van der Waals surface area contributed by atoms with Gasteiger partial charge in [0.1, 0.15) is 0 Å². The third kappa shape index (κ3) is 1.86. The Balaban J connectivity index is 3.16. The van der Waals surface area contributed by atoms with Crippen LogP contribution < -0.4 is 0 Å². The Labute approximate surface area is 76.8 Å². The molecule has 0 unspecified atom stereocenters. The summed E-state index contributed by atoms with van der Waals surface area (Å²) in [5, 5.41) is 0. The van der Waals surface area contributed by atoms with E-state index >= 15 is 0 Å². The Hall–Kier alpha value is -1.36. The quantitative estimate of drug-likeness (QED) is 0.665. The van der Waals surface area contributed by atoms with Crippen LogP contribution >= 0.6 is 0 Å². The first-order valence-electron chi connectivity index (χ1n) is 3.57. The molecule has 1 amide bonds. The van der Waals surface area contributed by atoms with Gasteiger partial charge in [0.2, 0.25) is 6.41 Å². The largest absolute Gasteiger partial charge is 0.278 e. The predicted molar refractivity (Wildman–Crippen MR) is 47.5 cm³/mol. The highest BCUT2D eigenvalue weighted by atomic mass is 32.2. The molecule has 0 spiro atoms. The molecule has 1 aromatic rings. The van der Waals surface area contributed by atoms with E-state index in [4.69, 9.17) is 0 Å². The molecule has 0 aliphatic carbocycles. The molecule has 5 heteroatoms. The summed E-state index contributed by atoms with van der Waals surface area (Å²) in [7, 11) is -2.42. The molecule has 0 aromatic heterocycles. The lowest BCUT2D eigenvalue weighted by molar-refractivity contribution is -0.113. The van der Waals surface area contributed by atoms with Crippen LogP contribution in [0.5, 0.6) is 0 Å². The summed E-state index contributed by atoms with van der Waals surface area (Å²) < 4.78 is 23.6. The average molecular weight is 199 g/mol. The molecule has 1 aromatic carbocycles. The molecular formula is C8H9NO3S. The first-order valence-corrected chi connectivity index (χ1v) is 5.01. The molecular weight excluding hydrogens is 190 g/mol. The number of benzene rings is 1. The number of carbonyl (C=O) groups excluding carboxylic acids is 1. The van der Waals surface area contributed by atoms with E-state index < -0.39 is 10.0 Å². The minimum absolute atomic E-state index is 0.115. The molecule has 0 N–H and O–H groups in total. The molecule has 0 aliphatic heterocycles. The number of nitrogens with zero attached hydrogens (tertiary/aromatic N) is 1. The number of sulfonamides is 1. The van der Waals surface area contributed by atoms with Crippen LogP contribution in [-0.4, -0.2) is 26.2 Å². The number of amides is 1. The van der Waals surface area contributed by atoms with Crippen LogP contribution in [0.25, 0.3) is 0 Å². The van der Waals surface area contributed by atoms with Crippen molar-refractivity contribution in [2.24, 2.45) is 0 Å². The van der Waals surface area contributed by atoms with E-state index in [0.29, 0.717) is 4.31 Å². The van der Waals surface area contributed by atoms with E-state index in [1.165, 1.54) is 19.2 Å². The van der Waals surface area contributed by atoms with E-state index in [0.717, 1.165) is 0 Å². The van der Waals surface area contributed by atoms with Crippen molar-refractivity contribution in [3.63, 3.8) is 0 Å². The molecule has 0 radical (unpaired) electrons. The molecule has 0 saturated carbocycles. The van der Waals surface area contributed by atoms with E-state index in [9.17, 15) is 13.2 Å². The SMILES string of the molecule is CN(C=O)S(=O)(=O)c1ccccc1. The predicted octanol–water partition coefficient (Wildman–Crippen LogP) is 0.463. The molecule has 1 rings (SSSR count). The minimum atomic E-state index is -3.62. The standard InChI is InChI=1S/C8H9NO3S/c1-9(7-10)13(11,12)8-5-3-2-4-6-8/h2-7H,1H3. The number of carbonyl (C=O) groups is 1. The highest BCUT2D eigenvalue weighted by molar-refractivity contribution is 7.89. The van der Waals surface area contributed by atoms with Crippen molar-refractivity contribution in [2.45, 2.75) is 4.90 Å². The highest BCUT2D eigenvalue weighted by Crippen LogP contribution is 2.11. The molecule has 0 aliphatic rings. The molecule has 0 fully saturated rings. The lowest BCUT2D eigenvalue weighted by Crippen LogP contribution is -2.25. The van der Waals surface area contributed by atoms with Gasteiger partial charge in [0, 0.05) is 7.05 Å². The zero-order valence-corrected chi connectivity index (χ0v) is 7.86. The lowest BCUT2D eigenvalue weighted by Gasteiger charge is -2.10. The van der Waals surface area contributed by atoms with Gasteiger partial charge in [0.25, 0.3) is 10.0 Å². The molecule has 70 valence electrons. The number of rotatable bonds is 3. The van der Waals surface area contributed by atoms with Crippen LogP contribution in [0.4, 0.5) is 0 Å². The highest BCUT2D eigenvalue weighted by Gasteiger charge is 2.17. The minimum Gasteiger partial charge on any atom is -0.278 e. The van der Waals surface area contributed by atoms with Crippen LogP contribution in [0.15, 0.2) is 35.2 Å². The summed E-state index contributed by atoms with van der Waals surface area (Å²) in [5.74, 6) is 0. The third-order valence-corrected chi connectivity index (χ3v) is 3.28. The Morgan fingerprint density at radius 3 is 2.23 bits per heavy atom. The van der Waals surface area contributed by atoms with Crippen molar-refractivity contribution in [2.75, 3.05) is 7.05 Å². The average Bonchev–Trinajstić information content (AvgIpc) is 2.18. The number of hydrogen-bond donors (Lipinski definition) is 0. The summed E-state index contributed by atoms with van der Waals surface area (Å²) in [6.07, 6.45) is 0.266. The van der Waals surface area contributed by atoms with Gasteiger partial charge >= 0.3 is 0 Å². The van der Waals surface area contributed by atoms with Gasteiger partial charge in [0.05, 0.1) is 4.90 Å². The van der Waals surface area contributed by atoms with Gasteiger partial charge < -0.3 is 0 Å². The second-order valence-electron chi connectivity index (χ2n) is 2.44. The fourth-order valence-corrected chi connectivity index (χ4v) is 1.76. The van der Waals surface area contributed by atoms with Crippen LogP contribution in [0.3, 0.4) is 0 Å². The normalized spacial score (nSPS) is 10.8. The van der Waals surface area contributed by atoms with Gasteiger partial charge in [-0.3, -0.25) is 4.79 Å². The Kier molecular flexibility index (Phi) is 2.67. The Morgan fingerprint density at radius 2 is 1.77 bits per heavy atom. The first-order chi connectivity index (χ1) is 6.09. The van der Waals surface area contributed by atoms with E-state index in [1.807, 2.05) is 0 Å². The maximum absolute atomic E-state index is 11.5. The maximum Gasteiger partial charge on any atom is 0.266 e. The molecule has 4 nitrogen and oxygen atoms in total. The summed E-state index contributed by atoms with van der Waals surface area (Å²) in [4.78, 5) is 10.4. The summed E-state index contributed by atoms with van der Waals surface area (Å²) in [6.45, 7) is 0. The second-order valence-corrected chi connectivity index (χ2v) is 4.44. The van der Waals surface area contributed by atoms with Gasteiger partial charge in [-0.15, -0.1) is 0 Å². The number of hydrogen-bond acceptors (Lipinski definition) is 3. The van der Waals surface area contributed by atoms with Crippen molar-refractivity contribution in [3.8, 4) is 0 Å². The topological polar surface area (TPSA) is 54.5 Å². The zero-order chi connectivity index (χ0) is 9.90. The van der Waals surface area contributed by atoms with Crippen LogP contribution in [0.1, 0.15) is 0 Å². The fraction of sp³-hybridized carbons (Fsp3) is 0.125. The fourth-order valence-electron chi connectivity index (χ4n) is 0.815. The van der Waals surface area contributed by atoms with Crippen molar-refractivity contribution in [3.05, 3.63) is 30.3 Å². The van der Waals surface area contributed by atoms with Crippen molar-refractivity contribution in [1.29, 1.82) is 0 Å². The summed E-state index contributed by atoms with van der Waals surface area (Å²) in [5.41, 5.74) is 0.